The summed E-state index contributed by atoms with van der Waals surface area (Å²) in [7, 11) is 0. The van der Waals surface area contributed by atoms with Gasteiger partial charge in [-0.2, -0.15) is 0 Å². The molecule has 0 aliphatic carbocycles. The highest BCUT2D eigenvalue weighted by molar-refractivity contribution is 6.31. The average molecular weight is 365 g/mol. The van der Waals surface area contributed by atoms with Gasteiger partial charge in [0.15, 0.2) is 0 Å². The number of nitrogens with zero attached hydrogens (tertiary/aromatic N) is 2. The number of aliphatic imine (C=N–C) groups is 1. The second-order valence-electron chi connectivity index (χ2n) is 6.35. The highest BCUT2D eigenvalue weighted by Gasteiger charge is 2.33. The molecule has 3 aromatic carbocycles. The number of rotatable bonds is 4. The van der Waals surface area contributed by atoms with E-state index in [0.29, 0.717) is 17.1 Å². The molecule has 0 fully saturated rings. The van der Waals surface area contributed by atoms with Gasteiger partial charge in [-0.15, -0.1) is 0 Å². The van der Waals surface area contributed by atoms with Gasteiger partial charge in [0.1, 0.15) is 11.9 Å². The van der Waals surface area contributed by atoms with Crippen molar-refractivity contribution in [3.63, 3.8) is 0 Å². The van der Waals surface area contributed by atoms with Gasteiger partial charge in [-0.3, -0.25) is 4.99 Å². The molecule has 2 atom stereocenters. The van der Waals surface area contributed by atoms with Gasteiger partial charge in [-0.25, -0.2) is 4.39 Å². The summed E-state index contributed by atoms with van der Waals surface area (Å²) in [6.07, 6.45) is 1.82. The Hall–Kier alpha value is -2.65. The standard InChI is InChI=1S/C22H18ClFN2/c23-19-12-7-13-20(24)18(19)14-26-15-25-21(16-8-3-1-4-9-16)22(26)17-10-5-2-6-11-17/h1-13,15,21-22H,14H2. The lowest BCUT2D eigenvalue weighted by atomic mass is 9.93. The normalized spacial score (nSPS) is 19.1. The van der Waals surface area contributed by atoms with Gasteiger partial charge in [-0.1, -0.05) is 78.3 Å². The molecule has 0 spiro atoms. The molecule has 26 heavy (non-hydrogen) atoms. The molecule has 0 saturated heterocycles. The van der Waals surface area contributed by atoms with Crippen LogP contribution in [0.1, 0.15) is 28.8 Å². The maximum Gasteiger partial charge on any atom is 0.129 e. The SMILES string of the molecule is Fc1cccc(Cl)c1CN1C=NC(c2ccccc2)C1c1ccccc1. The first kappa shape index (κ1) is 16.8. The van der Waals surface area contributed by atoms with Crippen LogP contribution in [-0.4, -0.2) is 11.2 Å². The zero-order valence-corrected chi connectivity index (χ0v) is 14.9. The van der Waals surface area contributed by atoms with Crippen LogP contribution >= 0.6 is 11.6 Å². The van der Waals surface area contributed by atoms with Gasteiger partial charge in [-0.05, 0) is 23.3 Å². The second kappa shape index (κ2) is 7.30. The van der Waals surface area contributed by atoms with E-state index in [1.54, 1.807) is 12.1 Å². The molecule has 1 heterocycles. The molecule has 1 aliphatic heterocycles. The Kier molecular flexibility index (Phi) is 4.72. The highest BCUT2D eigenvalue weighted by Crippen LogP contribution is 2.41. The molecule has 0 radical (unpaired) electrons. The average Bonchev–Trinajstić information content (AvgIpc) is 3.10. The molecule has 4 rings (SSSR count). The van der Waals surface area contributed by atoms with Gasteiger partial charge >= 0.3 is 0 Å². The minimum Gasteiger partial charge on any atom is -0.349 e. The van der Waals surface area contributed by atoms with E-state index in [9.17, 15) is 4.39 Å². The van der Waals surface area contributed by atoms with Crippen LogP contribution in [0.25, 0.3) is 0 Å². The zero-order valence-electron chi connectivity index (χ0n) is 14.1. The fourth-order valence-corrected chi connectivity index (χ4v) is 3.66. The lowest BCUT2D eigenvalue weighted by Crippen LogP contribution is -2.26. The van der Waals surface area contributed by atoms with Crippen LogP contribution in [0.15, 0.2) is 83.9 Å². The zero-order chi connectivity index (χ0) is 17.9. The molecule has 0 saturated carbocycles. The quantitative estimate of drug-likeness (QED) is 0.570. The molecule has 3 aromatic rings. The van der Waals surface area contributed by atoms with Gasteiger partial charge < -0.3 is 4.90 Å². The lowest BCUT2D eigenvalue weighted by Gasteiger charge is -2.29. The van der Waals surface area contributed by atoms with Crippen molar-refractivity contribution in [3.8, 4) is 0 Å². The number of benzene rings is 3. The first-order valence-corrected chi connectivity index (χ1v) is 8.93. The van der Waals surface area contributed by atoms with Crippen molar-refractivity contribution < 1.29 is 4.39 Å². The summed E-state index contributed by atoms with van der Waals surface area (Å²) in [4.78, 5) is 6.80. The third-order valence-corrected chi connectivity index (χ3v) is 5.07. The van der Waals surface area contributed by atoms with Crippen molar-refractivity contribution >= 4 is 17.9 Å². The Labute approximate surface area is 157 Å². The van der Waals surface area contributed by atoms with Crippen molar-refractivity contribution in [2.24, 2.45) is 4.99 Å². The third kappa shape index (κ3) is 3.23. The van der Waals surface area contributed by atoms with E-state index in [1.807, 2.05) is 42.7 Å². The van der Waals surface area contributed by atoms with E-state index in [-0.39, 0.29) is 17.9 Å². The maximum absolute atomic E-state index is 14.3. The summed E-state index contributed by atoms with van der Waals surface area (Å²) >= 11 is 6.24. The van der Waals surface area contributed by atoms with Crippen LogP contribution < -0.4 is 0 Å². The number of hydrogen-bond donors (Lipinski definition) is 0. The summed E-state index contributed by atoms with van der Waals surface area (Å²) in [5.41, 5.74) is 2.78. The summed E-state index contributed by atoms with van der Waals surface area (Å²) in [6.45, 7) is 0.373. The van der Waals surface area contributed by atoms with Gasteiger partial charge in [0.05, 0.1) is 12.4 Å². The van der Waals surface area contributed by atoms with Crippen LogP contribution in [0, 0.1) is 5.82 Å². The fourth-order valence-electron chi connectivity index (χ4n) is 3.44. The predicted molar refractivity (Wildman–Crippen MR) is 104 cm³/mol. The number of halogens is 2. The smallest absolute Gasteiger partial charge is 0.129 e. The van der Waals surface area contributed by atoms with Gasteiger partial charge in [0.25, 0.3) is 0 Å². The Morgan fingerprint density at radius 3 is 2.15 bits per heavy atom. The Balaban J connectivity index is 1.71. The number of hydrogen-bond acceptors (Lipinski definition) is 2. The van der Waals surface area contributed by atoms with Crippen molar-refractivity contribution in [2.75, 3.05) is 0 Å². The molecule has 0 amide bonds. The fraction of sp³-hybridized carbons (Fsp3) is 0.136. The Bertz CT molecular complexity index is 892. The van der Waals surface area contributed by atoms with Crippen molar-refractivity contribution in [3.05, 3.63) is 106 Å². The van der Waals surface area contributed by atoms with E-state index in [2.05, 4.69) is 29.2 Å². The van der Waals surface area contributed by atoms with E-state index in [1.165, 1.54) is 6.07 Å². The predicted octanol–water partition coefficient (Wildman–Crippen LogP) is 5.81. The minimum atomic E-state index is -0.291. The first-order valence-electron chi connectivity index (χ1n) is 8.56. The molecule has 1 aliphatic rings. The van der Waals surface area contributed by atoms with E-state index >= 15 is 0 Å². The molecule has 4 heteroatoms. The lowest BCUT2D eigenvalue weighted by molar-refractivity contribution is 0.306. The van der Waals surface area contributed by atoms with E-state index < -0.39 is 0 Å². The summed E-state index contributed by atoms with van der Waals surface area (Å²) < 4.78 is 14.3. The monoisotopic (exact) mass is 364 g/mol. The summed E-state index contributed by atoms with van der Waals surface area (Å²) in [6, 6.07) is 25.1. The van der Waals surface area contributed by atoms with E-state index in [0.717, 1.165) is 11.1 Å². The second-order valence-corrected chi connectivity index (χ2v) is 6.76. The van der Waals surface area contributed by atoms with Gasteiger partial charge in [0.2, 0.25) is 0 Å². The van der Waals surface area contributed by atoms with Crippen LogP contribution in [0.2, 0.25) is 5.02 Å². The third-order valence-electron chi connectivity index (χ3n) is 4.72. The summed E-state index contributed by atoms with van der Waals surface area (Å²) in [5, 5.41) is 0.438. The van der Waals surface area contributed by atoms with Crippen molar-refractivity contribution in [1.82, 2.24) is 4.90 Å². The molecular formula is C22H18ClFN2. The van der Waals surface area contributed by atoms with Gasteiger partial charge in [0, 0.05) is 17.1 Å². The maximum atomic E-state index is 14.3. The topological polar surface area (TPSA) is 15.6 Å². The largest absolute Gasteiger partial charge is 0.349 e. The molecular weight excluding hydrogens is 347 g/mol. The minimum absolute atomic E-state index is 0.00530. The molecule has 130 valence electrons. The summed E-state index contributed by atoms with van der Waals surface area (Å²) in [5.74, 6) is -0.291. The van der Waals surface area contributed by atoms with Crippen LogP contribution in [0.3, 0.4) is 0 Å². The molecule has 0 bridgehead atoms. The van der Waals surface area contributed by atoms with Crippen LogP contribution in [0.5, 0.6) is 0 Å². The Morgan fingerprint density at radius 1 is 0.846 bits per heavy atom. The van der Waals surface area contributed by atoms with Crippen LogP contribution in [-0.2, 0) is 6.54 Å². The molecule has 2 unspecified atom stereocenters. The Morgan fingerprint density at radius 2 is 1.50 bits per heavy atom. The highest BCUT2D eigenvalue weighted by atomic mass is 35.5. The molecule has 0 N–H and O–H groups in total. The molecule has 0 aromatic heterocycles. The van der Waals surface area contributed by atoms with Crippen molar-refractivity contribution in [2.45, 2.75) is 18.6 Å². The molecule has 2 nitrogen and oxygen atoms in total. The first-order chi connectivity index (χ1) is 12.7. The van der Waals surface area contributed by atoms with Crippen LogP contribution in [0.4, 0.5) is 4.39 Å². The van der Waals surface area contributed by atoms with E-state index in [4.69, 9.17) is 16.6 Å². The van der Waals surface area contributed by atoms with Crippen molar-refractivity contribution in [1.29, 1.82) is 0 Å².